The first-order valence-corrected chi connectivity index (χ1v) is 7.46. The number of rotatable bonds is 0. The number of hydrogen-bond acceptors (Lipinski definition) is 0. The van der Waals surface area contributed by atoms with Crippen LogP contribution in [0, 0.1) is 0 Å². The molecule has 0 heteroatoms. The largest absolute Gasteiger partial charge is 0.0744 e. The van der Waals surface area contributed by atoms with Crippen LogP contribution in [-0.4, -0.2) is 0 Å². The van der Waals surface area contributed by atoms with E-state index in [1.807, 2.05) is 0 Å². The quantitative estimate of drug-likeness (QED) is 0.440. The zero-order valence-corrected chi connectivity index (χ0v) is 11.5. The summed E-state index contributed by atoms with van der Waals surface area (Å²) in [7, 11) is 0. The molecule has 0 nitrogen and oxygen atoms in total. The Hall–Kier alpha value is -0.260. The molecule has 0 saturated carbocycles. The lowest BCUT2D eigenvalue weighted by atomic mass is 9.97. The Kier molecular flexibility index (Phi) is 7.63. The fourth-order valence-electron chi connectivity index (χ4n) is 2.62. The number of hydrogen-bond donors (Lipinski definition) is 0. The second-order valence-electron chi connectivity index (χ2n) is 5.60. The van der Waals surface area contributed by atoms with Gasteiger partial charge in [-0.2, -0.15) is 0 Å². The van der Waals surface area contributed by atoms with Gasteiger partial charge in [-0.15, -0.1) is 0 Å². The van der Waals surface area contributed by atoms with E-state index in [0.717, 1.165) is 0 Å². The molecule has 0 fully saturated rings. The van der Waals surface area contributed by atoms with Crippen molar-refractivity contribution >= 4 is 0 Å². The molecule has 0 heterocycles. The van der Waals surface area contributed by atoms with E-state index in [9.17, 15) is 0 Å². The van der Waals surface area contributed by atoms with Crippen LogP contribution in [-0.2, 0) is 0 Å². The molecule has 1 rings (SSSR count). The summed E-state index contributed by atoms with van der Waals surface area (Å²) in [4.78, 5) is 0. The molecule has 0 bridgehead atoms. The van der Waals surface area contributed by atoms with Crippen LogP contribution in [0.15, 0.2) is 11.1 Å². The van der Waals surface area contributed by atoms with Crippen LogP contribution < -0.4 is 0 Å². The Morgan fingerprint density at radius 2 is 0.688 bits per heavy atom. The van der Waals surface area contributed by atoms with E-state index in [0.29, 0.717) is 0 Å². The van der Waals surface area contributed by atoms with Crippen molar-refractivity contribution in [3.8, 4) is 0 Å². The number of allylic oxidation sites excluding steroid dienone is 2. The fourth-order valence-corrected chi connectivity index (χ4v) is 2.62. The molecule has 16 heavy (non-hydrogen) atoms. The van der Waals surface area contributed by atoms with Gasteiger partial charge < -0.3 is 0 Å². The highest BCUT2D eigenvalue weighted by Crippen LogP contribution is 2.20. The summed E-state index contributed by atoms with van der Waals surface area (Å²) >= 11 is 0. The van der Waals surface area contributed by atoms with Gasteiger partial charge in [0.2, 0.25) is 0 Å². The molecule has 94 valence electrons. The highest BCUT2D eigenvalue weighted by Gasteiger charge is 2.00. The Morgan fingerprint density at radius 3 is 1.00 bits per heavy atom. The van der Waals surface area contributed by atoms with Crippen molar-refractivity contribution in [1.82, 2.24) is 0 Å². The third-order valence-corrected chi connectivity index (χ3v) is 4.08. The van der Waals surface area contributed by atoms with Gasteiger partial charge in [-0.25, -0.2) is 0 Å². The summed E-state index contributed by atoms with van der Waals surface area (Å²) in [5.41, 5.74) is 3.36. The monoisotopic (exact) mass is 222 g/mol. The summed E-state index contributed by atoms with van der Waals surface area (Å²) in [6.07, 6.45) is 17.3. The van der Waals surface area contributed by atoms with Crippen LogP contribution in [0.3, 0.4) is 0 Å². The van der Waals surface area contributed by atoms with Gasteiger partial charge in [0.25, 0.3) is 0 Å². The summed E-state index contributed by atoms with van der Waals surface area (Å²) in [5.74, 6) is 0. The van der Waals surface area contributed by atoms with Crippen molar-refractivity contribution in [3.63, 3.8) is 0 Å². The average molecular weight is 222 g/mol. The zero-order chi connectivity index (χ0) is 11.6. The van der Waals surface area contributed by atoms with Crippen molar-refractivity contribution in [2.45, 2.75) is 90.9 Å². The molecule has 0 radical (unpaired) electrons. The van der Waals surface area contributed by atoms with Crippen LogP contribution in [0.25, 0.3) is 0 Å². The van der Waals surface area contributed by atoms with E-state index in [-0.39, 0.29) is 0 Å². The van der Waals surface area contributed by atoms with Crippen molar-refractivity contribution in [2.24, 2.45) is 0 Å². The first kappa shape index (κ1) is 13.8. The second-order valence-corrected chi connectivity index (χ2v) is 5.60. The molecule has 0 atom stereocenters. The SMILES string of the molecule is CC1=C(C)CCCCCCCCCCCC1. The molecule has 0 aromatic carbocycles. The first-order chi connectivity index (χ1) is 7.80. The maximum atomic E-state index is 2.35. The molecule has 0 saturated heterocycles. The smallest absolute Gasteiger partial charge is 0.0320 e. The lowest BCUT2D eigenvalue weighted by Crippen LogP contribution is -1.89. The van der Waals surface area contributed by atoms with Crippen LogP contribution in [0.2, 0.25) is 0 Å². The van der Waals surface area contributed by atoms with Gasteiger partial charge >= 0.3 is 0 Å². The molecular weight excluding hydrogens is 192 g/mol. The topological polar surface area (TPSA) is 0 Å². The third-order valence-electron chi connectivity index (χ3n) is 4.08. The molecule has 1 aliphatic carbocycles. The predicted molar refractivity (Wildman–Crippen MR) is 73.8 cm³/mol. The first-order valence-electron chi connectivity index (χ1n) is 7.46. The zero-order valence-electron chi connectivity index (χ0n) is 11.5. The van der Waals surface area contributed by atoms with E-state index in [2.05, 4.69) is 13.8 Å². The van der Waals surface area contributed by atoms with Crippen LogP contribution in [0.4, 0.5) is 0 Å². The van der Waals surface area contributed by atoms with Crippen molar-refractivity contribution in [1.29, 1.82) is 0 Å². The minimum Gasteiger partial charge on any atom is -0.0744 e. The Morgan fingerprint density at radius 1 is 0.438 bits per heavy atom. The summed E-state index contributed by atoms with van der Waals surface area (Å²) in [6.45, 7) is 4.70. The molecule has 0 spiro atoms. The summed E-state index contributed by atoms with van der Waals surface area (Å²) in [5, 5.41) is 0. The van der Waals surface area contributed by atoms with Gasteiger partial charge in [0, 0.05) is 0 Å². The van der Waals surface area contributed by atoms with E-state index in [1.165, 1.54) is 77.0 Å². The highest BCUT2D eigenvalue weighted by molar-refractivity contribution is 5.09. The third kappa shape index (κ3) is 6.35. The minimum absolute atomic E-state index is 1.35. The van der Waals surface area contributed by atoms with Gasteiger partial charge in [-0.1, -0.05) is 62.5 Å². The molecule has 0 aromatic heterocycles. The maximum Gasteiger partial charge on any atom is -0.0320 e. The van der Waals surface area contributed by atoms with Gasteiger partial charge in [-0.3, -0.25) is 0 Å². The molecule has 0 unspecified atom stereocenters. The lowest BCUT2D eigenvalue weighted by Gasteiger charge is -2.09. The van der Waals surface area contributed by atoms with Gasteiger partial charge in [0.1, 0.15) is 0 Å². The van der Waals surface area contributed by atoms with Crippen LogP contribution in [0.1, 0.15) is 90.9 Å². The van der Waals surface area contributed by atoms with Gasteiger partial charge in [0.15, 0.2) is 0 Å². The molecule has 0 amide bonds. The predicted octanol–water partition coefficient (Wildman–Crippen LogP) is 6.02. The van der Waals surface area contributed by atoms with Gasteiger partial charge in [-0.05, 0) is 39.5 Å². The van der Waals surface area contributed by atoms with E-state index in [1.54, 1.807) is 11.1 Å². The average Bonchev–Trinajstić information content (AvgIpc) is 2.29. The second kappa shape index (κ2) is 8.84. The standard InChI is InChI=1S/C16H30/c1-15-13-11-9-7-5-3-4-6-8-10-12-14-16(15)2/h3-14H2,1-2H3. The molecule has 1 aliphatic rings. The molecule has 0 aromatic rings. The van der Waals surface area contributed by atoms with E-state index >= 15 is 0 Å². The Balaban J connectivity index is 2.33. The Bertz CT molecular complexity index is 178. The van der Waals surface area contributed by atoms with Crippen LogP contribution >= 0.6 is 0 Å². The van der Waals surface area contributed by atoms with Crippen molar-refractivity contribution in [2.75, 3.05) is 0 Å². The summed E-state index contributed by atoms with van der Waals surface area (Å²) in [6, 6.07) is 0. The van der Waals surface area contributed by atoms with Crippen molar-refractivity contribution < 1.29 is 0 Å². The molecule has 0 N–H and O–H groups in total. The van der Waals surface area contributed by atoms with Gasteiger partial charge in [0.05, 0.1) is 0 Å². The fraction of sp³-hybridized carbons (Fsp3) is 0.875. The van der Waals surface area contributed by atoms with E-state index in [4.69, 9.17) is 0 Å². The Labute approximate surface area is 103 Å². The van der Waals surface area contributed by atoms with Crippen molar-refractivity contribution in [3.05, 3.63) is 11.1 Å². The van der Waals surface area contributed by atoms with Crippen LogP contribution in [0.5, 0.6) is 0 Å². The molecular formula is C16H30. The maximum absolute atomic E-state index is 2.35. The lowest BCUT2D eigenvalue weighted by molar-refractivity contribution is 0.545. The van der Waals surface area contributed by atoms with E-state index < -0.39 is 0 Å². The molecule has 0 aliphatic heterocycles. The summed E-state index contributed by atoms with van der Waals surface area (Å²) < 4.78 is 0. The highest BCUT2D eigenvalue weighted by atomic mass is 14.1. The normalized spacial score (nSPS) is 22.9. The minimum atomic E-state index is 1.35.